The third-order valence-electron chi connectivity index (χ3n) is 5.24. The van der Waals surface area contributed by atoms with Crippen molar-refractivity contribution < 1.29 is 9.59 Å². The zero-order valence-corrected chi connectivity index (χ0v) is 17.0. The third-order valence-corrected chi connectivity index (χ3v) is 5.24. The molecule has 156 valence electrons. The van der Waals surface area contributed by atoms with E-state index < -0.39 is 0 Å². The number of amides is 2. The molecule has 1 fully saturated rings. The summed E-state index contributed by atoms with van der Waals surface area (Å²) in [7, 11) is 0. The van der Waals surface area contributed by atoms with Crippen molar-refractivity contribution in [3.63, 3.8) is 0 Å². The molecule has 1 N–H and O–H groups in total. The summed E-state index contributed by atoms with van der Waals surface area (Å²) in [6.45, 7) is 5.38. The van der Waals surface area contributed by atoms with Gasteiger partial charge in [0, 0.05) is 56.7 Å². The first-order valence-electron chi connectivity index (χ1n) is 10.2. The van der Waals surface area contributed by atoms with Crippen LogP contribution in [0.25, 0.3) is 5.78 Å². The number of para-hydroxylation sites is 1. The molecule has 1 aromatic carbocycles. The summed E-state index contributed by atoms with van der Waals surface area (Å²) in [6, 6.07) is 12.0. The maximum Gasteiger partial charge on any atom is 0.291 e. The van der Waals surface area contributed by atoms with Gasteiger partial charge in [-0.05, 0) is 31.5 Å². The highest BCUT2D eigenvalue weighted by Crippen LogP contribution is 2.16. The Balaban J connectivity index is 1.19. The lowest BCUT2D eigenvalue weighted by Gasteiger charge is -2.36. The highest BCUT2D eigenvalue weighted by Gasteiger charge is 2.21. The van der Waals surface area contributed by atoms with Crippen molar-refractivity contribution in [1.82, 2.24) is 29.8 Å². The number of fused-ring (bicyclic) bond motifs is 1. The standard InChI is InChI=1S/C21H25N7O2/c1-16-9-11-23-21-24-19(25-28(16)21)20(30)22-10-5-8-18(29)27-14-12-26(13-15-27)17-6-3-2-4-7-17/h2-4,6-7,9,11H,5,8,10,12-15H2,1H3,(H,22,30). The quantitative estimate of drug-likeness (QED) is 0.619. The van der Waals surface area contributed by atoms with Gasteiger partial charge < -0.3 is 15.1 Å². The van der Waals surface area contributed by atoms with E-state index in [9.17, 15) is 9.59 Å². The molecule has 30 heavy (non-hydrogen) atoms. The fourth-order valence-electron chi connectivity index (χ4n) is 3.53. The average Bonchev–Trinajstić information content (AvgIpc) is 3.23. The number of aryl methyl sites for hydroxylation is 1. The number of piperazine rings is 1. The summed E-state index contributed by atoms with van der Waals surface area (Å²) in [4.78, 5) is 37.2. The molecule has 1 aliphatic heterocycles. The van der Waals surface area contributed by atoms with Crippen molar-refractivity contribution in [2.75, 3.05) is 37.6 Å². The Morgan fingerprint density at radius 1 is 1.07 bits per heavy atom. The number of nitrogens with zero attached hydrogens (tertiary/aromatic N) is 6. The molecule has 0 spiro atoms. The molecule has 1 saturated heterocycles. The Kier molecular flexibility index (Phi) is 5.87. The highest BCUT2D eigenvalue weighted by molar-refractivity contribution is 5.90. The minimum atomic E-state index is -0.358. The van der Waals surface area contributed by atoms with Gasteiger partial charge in [-0.1, -0.05) is 18.2 Å². The molecule has 0 radical (unpaired) electrons. The van der Waals surface area contributed by atoms with Gasteiger partial charge >= 0.3 is 0 Å². The molecular weight excluding hydrogens is 382 g/mol. The zero-order chi connectivity index (χ0) is 20.9. The van der Waals surface area contributed by atoms with Crippen molar-refractivity contribution >= 4 is 23.3 Å². The first-order chi connectivity index (χ1) is 14.6. The van der Waals surface area contributed by atoms with E-state index in [1.54, 1.807) is 12.3 Å². The molecule has 0 bridgehead atoms. The lowest BCUT2D eigenvalue weighted by Crippen LogP contribution is -2.48. The molecule has 0 unspecified atom stereocenters. The van der Waals surface area contributed by atoms with E-state index in [1.165, 1.54) is 10.2 Å². The van der Waals surface area contributed by atoms with Gasteiger partial charge in [0.15, 0.2) is 0 Å². The van der Waals surface area contributed by atoms with Gasteiger partial charge in [-0.2, -0.15) is 4.98 Å². The Labute approximate surface area is 174 Å². The number of anilines is 1. The maximum absolute atomic E-state index is 12.5. The molecule has 4 rings (SSSR count). The summed E-state index contributed by atoms with van der Waals surface area (Å²) in [5.41, 5.74) is 2.04. The predicted octanol–water partition coefficient (Wildman–Crippen LogP) is 1.29. The molecule has 9 nitrogen and oxygen atoms in total. The Bertz CT molecular complexity index is 1030. The van der Waals surface area contributed by atoms with Crippen LogP contribution < -0.4 is 10.2 Å². The van der Waals surface area contributed by atoms with E-state index >= 15 is 0 Å². The predicted molar refractivity (Wildman–Crippen MR) is 112 cm³/mol. The van der Waals surface area contributed by atoms with Crippen LogP contribution in [0.3, 0.4) is 0 Å². The molecule has 9 heteroatoms. The number of nitrogens with one attached hydrogen (secondary N) is 1. The fourth-order valence-corrected chi connectivity index (χ4v) is 3.53. The van der Waals surface area contributed by atoms with Gasteiger partial charge in [-0.25, -0.2) is 9.50 Å². The Morgan fingerprint density at radius 2 is 1.83 bits per heavy atom. The largest absolute Gasteiger partial charge is 0.368 e. The van der Waals surface area contributed by atoms with Crippen molar-refractivity contribution in [2.24, 2.45) is 0 Å². The van der Waals surface area contributed by atoms with Crippen molar-refractivity contribution in [3.05, 3.63) is 54.1 Å². The van der Waals surface area contributed by atoms with E-state index in [4.69, 9.17) is 0 Å². The van der Waals surface area contributed by atoms with E-state index in [2.05, 4.69) is 37.4 Å². The summed E-state index contributed by atoms with van der Waals surface area (Å²) >= 11 is 0. The van der Waals surface area contributed by atoms with E-state index in [0.717, 1.165) is 31.9 Å². The third kappa shape index (κ3) is 4.40. The normalized spacial score (nSPS) is 14.2. The second-order valence-electron chi connectivity index (χ2n) is 7.30. The average molecular weight is 407 g/mol. The van der Waals surface area contributed by atoms with Crippen LogP contribution in [0.1, 0.15) is 29.2 Å². The Morgan fingerprint density at radius 3 is 2.57 bits per heavy atom. The summed E-state index contributed by atoms with van der Waals surface area (Å²) in [5, 5.41) is 6.96. The van der Waals surface area contributed by atoms with Crippen LogP contribution in [0.15, 0.2) is 42.6 Å². The van der Waals surface area contributed by atoms with Crippen LogP contribution >= 0.6 is 0 Å². The second kappa shape index (κ2) is 8.89. The van der Waals surface area contributed by atoms with Crippen LogP contribution in [0.2, 0.25) is 0 Å². The minimum Gasteiger partial charge on any atom is -0.368 e. The van der Waals surface area contributed by atoms with Gasteiger partial charge in [-0.3, -0.25) is 9.59 Å². The van der Waals surface area contributed by atoms with Crippen molar-refractivity contribution in [3.8, 4) is 0 Å². The number of benzene rings is 1. The minimum absolute atomic E-state index is 0.0835. The topological polar surface area (TPSA) is 95.7 Å². The van der Waals surface area contributed by atoms with E-state index in [1.807, 2.05) is 30.0 Å². The smallest absolute Gasteiger partial charge is 0.291 e. The van der Waals surface area contributed by atoms with E-state index in [0.29, 0.717) is 25.2 Å². The van der Waals surface area contributed by atoms with Crippen molar-refractivity contribution in [2.45, 2.75) is 19.8 Å². The summed E-state index contributed by atoms with van der Waals surface area (Å²) in [5.74, 6) is 0.247. The summed E-state index contributed by atoms with van der Waals surface area (Å²) in [6.07, 6.45) is 2.62. The van der Waals surface area contributed by atoms with Gasteiger partial charge in [-0.15, -0.1) is 5.10 Å². The molecule has 3 aromatic rings. The maximum atomic E-state index is 12.5. The number of carbonyl (C=O) groups excluding carboxylic acids is 2. The number of hydrogen-bond acceptors (Lipinski definition) is 6. The zero-order valence-electron chi connectivity index (χ0n) is 17.0. The number of rotatable bonds is 6. The molecule has 2 aromatic heterocycles. The summed E-state index contributed by atoms with van der Waals surface area (Å²) < 4.78 is 1.54. The lowest BCUT2D eigenvalue weighted by atomic mass is 10.2. The van der Waals surface area contributed by atoms with Crippen LogP contribution in [-0.2, 0) is 4.79 Å². The second-order valence-corrected chi connectivity index (χ2v) is 7.30. The van der Waals surface area contributed by atoms with Gasteiger partial charge in [0.2, 0.25) is 11.7 Å². The first-order valence-corrected chi connectivity index (χ1v) is 10.2. The van der Waals surface area contributed by atoms with Crippen molar-refractivity contribution in [1.29, 1.82) is 0 Å². The number of hydrogen-bond donors (Lipinski definition) is 1. The van der Waals surface area contributed by atoms with Crippen LogP contribution in [0, 0.1) is 6.92 Å². The number of carbonyl (C=O) groups is 2. The van der Waals surface area contributed by atoms with Crippen LogP contribution in [0.5, 0.6) is 0 Å². The van der Waals surface area contributed by atoms with E-state index in [-0.39, 0.29) is 17.6 Å². The number of aromatic nitrogens is 4. The van der Waals surface area contributed by atoms with Gasteiger partial charge in [0.1, 0.15) is 0 Å². The first kappa shape index (κ1) is 19.8. The van der Waals surface area contributed by atoms with Crippen LogP contribution in [-0.4, -0.2) is 69.0 Å². The molecule has 0 aliphatic carbocycles. The Hall–Kier alpha value is -3.49. The molecule has 0 saturated carbocycles. The SMILES string of the molecule is Cc1ccnc2nc(C(=O)NCCCC(=O)N3CCN(c4ccccc4)CC3)nn12. The molecule has 3 heterocycles. The van der Waals surface area contributed by atoms with Crippen LogP contribution in [0.4, 0.5) is 5.69 Å². The highest BCUT2D eigenvalue weighted by atomic mass is 16.2. The molecular formula is C21H25N7O2. The molecule has 2 amide bonds. The fraction of sp³-hybridized carbons (Fsp3) is 0.381. The monoisotopic (exact) mass is 407 g/mol. The molecule has 1 aliphatic rings. The lowest BCUT2D eigenvalue weighted by molar-refractivity contribution is -0.131. The van der Waals surface area contributed by atoms with Gasteiger partial charge in [0.25, 0.3) is 11.7 Å². The molecule has 0 atom stereocenters. The van der Waals surface area contributed by atoms with Gasteiger partial charge in [0.05, 0.1) is 0 Å².